The standard InChI is InChI=1S/C21H21ClN2O3/c1-26-17-3-2-10-24(13-17)21(25)15-6-9-19-18(12-15)23-20(27-19)11-14-4-7-16(22)8-5-14/h4-9,12,17H,2-3,10-11,13H2,1H3/t17-/m1/s1. The molecule has 0 saturated carbocycles. The summed E-state index contributed by atoms with van der Waals surface area (Å²) >= 11 is 5.93. The fraction of sp³-hybridized carbons (Fsp3) is 0.333. The fourth-order valence-corrected chi connectivity index (χ4v) is 3.58. The van der Waals surface area contributed by atoms with Gasteiger partial charge in [0.25, 0.3) is 5.91 Å². The average molecular weight is 385 g/mol. The molecule has 1 amide bonds. The lowest BCUT2D eigenvalue weighted by atomic mass is 10.1. The van der Waals surface area contributed by atoms with Gasteiger partial charge in [0, 0.05) is 37.2 Å². The molecule has 140 valence electrons. The monoisotopic (exact) mass is 384 g/mol. The zero-order chi connectivity index (χ0) is 18.8. The topological polar surface area (TPSA) is 55.6 Å². The summed E-state index contributed by atoms with van der Waals surface area (Å²) in [6.45, 7) is 1.39. The number of amides is 1. The van der Waals surface area contributed by atoms with Crippen molar-refractivity contribution in [2.24, 2.45) is 0 Å². The zero-order valence-electron chi connectivity index (χ0n) is 15.2. The minimum Gasteiger partial charge on any atom is -0.440 e. The van der Waals surface area contributed by atoms with Crippen molar-refractivity contribution in [1.29, 1.82) is 0 Å². The summed E-state index contributed by atoms with van der Waals surface area (Å²) in [7, 11) is 1.70. The van der Waals surface area contributed by atoms with Gasteiger partial charge in [-0.15, -0.1) is 0 Å². The van der Waals surface area contributed by atoms with Crippen LogP contribution in [0.4, 0.5) is 0 Å². The first-order valence-corrected chi connectivity index (χ1v) is 9.46. The Morgan fingerprint density at radius 3 is 2.89 bits per heavy atom. The smallest absolute Gasteiger partial charge is 0.254 e. The first kappa shape index (κ1) is 18.0. The molecular formula is C21H21ClN2O3. The van der Waals surface area contributed by atoms with E-state index in [2.05, 4.69) is 4.98 Å². The van der Waals surface area contributed by atoms with E-state index >= 15 is 0 Å². The Labute approximate surface area is 162 Å². The van der Waals surface area contributed by atoms with E-state index in [0.29, 0.717) is 40.5 Å². The molecule has 0 unspecified atom stereocenters. The second-order valence-corrected chi connectivity index (χ2v) is 7.28. The van der Waals surface area contributed by atoms with E-state index in [0.717, 1.165) is 24.9 Å². The van der Waals surface area contributed by atoms with Crippen molar-refractivity contribution in [3.05, 3.63) is 64.5 Å². The van der Waals surface area contributed by atoms with Gasteiger partial charge < -0.3 is 14.1 Å². The maximum Gasteiger partial charge on any atom is 0.254 e. The van der Waals surface area contributed by atoms with Crippen molar-refractivity contribution < 1.29 is 13.9 Å². The number of carbonyl (C=O) groups excluding carboxylic acids is 1. The van der Waals surface area contributed by atoms with Gasteiger partial charge in [-0.3, -0.25) is 4.79 Å². The van der Waals surface area contributed by atoms with Gasteiger partial charge >= 0.3 is 0 Å². The SMILES string of the molecule is CO[C@@H]1CCCN(C(=O)c2ccc3oc(Cc4ccc(Cl)cc4)nc3c2)C1. The average Bonchev–Trinajstić information content (AvgIpc) is 3.10. The minimum atomic E-state index is 0.0147. The van der Waals surface area contributed by atoms with Crippen LogP contribution >= 0.6 is 11.6 Å². The Morgan fingerprint density at radius 1 is 1.30 bits per heavy atom. The Hall–Kier alpha value is -2.37. The molecule has 6 heteroatoms. The molecule has 2 heterocycles. The summed E-state index contributed by atoms with van der Waals surface area (Å²) in [5.74, 6) is 0.634. The summed E-state index contributed by atoms with van der Waals surface area (Å²) in [5.41, 5.74) is 3.08. The quantitative estimate of drug-likeness (QED) is 0.672. The van der Waals surface area contributed by atoms with Crippen molar-refractivity contribution in [2.75, 3.05) is 20.2 Å². The molecule has 0 radical (unpaired) electrons. The first-order valence-electron chi connectivity index (χ1n) is 9.08. The lowest BCUT2D eigenvalue weighted by Crippen LogP contribution is -2.42. The van der Waals surface area contributed by atoms with E-state index < -0.39 is 0 Å². The molecule has 1 saturated heterocycles. The molecule has 1 fully saturated rings. The highest BCUT2D eigenvalue weighted by molar-refractivity contribution is 6.30. The number of rotatable bonds is 4. The number of oxazole rings is 1. The number of carbonyl (C=O) groups is 1. The second kappa shape index (κ2) is 7.71. The fourth-order valence-electron chi connectivity index (χ4n) is 3.46. The predicted octanol–water partition coefficient (Wildman–Crippen LogP) is 4.32. The van der Waals surface area contributed by atoms with Crippen LogP contribution in [0.25, 0.3) is 11.1 Å². The highest BCUT2D eigenvalue weighted by atomic mass is 35.5. The van der Waals surface area contributed by atoms with Gasteiger partial charge in [0.1, 0.15) is 5.52 Å². The van der Waals surface area contributed by atoms with Crippen molar-refractivity contribution in [1.82, 2.24) is 9.88 Å². The number of methoxy groups -OCH3 is 1. The summed E-state index contributed by atoms with van der Waals surface area (Å²) in [5, 5.41) is 0.702. The Bertz CT molecular complexity index is 952. The van der Waals surface area contributed by atoms with Crippen LogP contribution in [0.3, 0.4) is 0 Å². The van der Waals surface area contributed by atoms with Crippen molar-refractivity contribution in [3.63, 3.8) is 0 Å². The van der Waals surface area contributed by atoms with E-state index in [4.69, 9.17) is 20.8 Å². The first-order chi connectivity index (χ1) is 13.1. The van der Waals surface area contributed by atoms with E-state index in [1.165, 1.54) is 0 Å². The van der Waals surface area contributed by atoms with Gasteiger partial charge in [-0.2, -0.15) is 0 Å². The molecule has 5 nitrogen and oxygen atoms in total. The maximum atomic E-state index is 12.8. The van der Waals surface area contributed by atoms with Crippen molar-refractivity contribution in [2.45, 2.75) is 25.4 Å². The maximum absolute atomic E-state index is 12.8. The van der Waals surface area contributed by atoms with Crippen LogP contribution in [-0.4, -0.2) is 42.1 Å². The summed E-state index contributed by atoms with van der Waals surface area (Å²) in [6, 6.07) is 13.0. The van der Waals surface area contributed by atoms with Gasteiger partial charge in [-0.25, -0.2) is 4.98 Å². The molecule has 1 aromatic heterocycles. The number of fused-ring (bicyclic) bond motifs is 1. The summed E-state index contributed by atoms with van der Waals surface area (Å²) in [4.78, 5) is 19.2. The van der Waals surface area contributed by atoms with Crippen LogP contribution in [0.5, 0.6) is 0 Å². The van der Waals surface area contributed by atoms with E-state index in [-0.39, 0.29) is 12.0 Å². The van der Waals surface area contributed by atoms with Crippen LogP contribution < -0.4 is 0 Å². The molecule has 2 aromatic carbocycles. The molecule has 1 aliphatic heterocycles. The van der Waals surface area contributed by atoms with Crippen LogP contribution in [0.15, 0.2) is 46.9 Å². The van der Waals surface area contributed by atoms with E-state index in [1.54, 1.807) is 13.2 Å². The predicted molar refractivity (Wildman–Crippen MR) is 104 cm³/mol. The third-order valence-electron chi connectivity index (χ3n) is 4.95. The lowest BCUT2D eigenvalue weighted by Gasteiger charge is -2.32. The van der Waals surface area contributed by atoms with Gasteiger partial charge in [-0.05, 0) is 48.7 Å². The minimum absolute atomic E-state index is 0.0147. The Morgan fingerprint density at radius 2 is 2.11 bits per heavy atom. The Balaban J connectivity index is 1.53. The number of nitrogens with zero attached hydrogens (tertiary/aromatic N) is 2. The van der Waals surface area contributed by atoms with Gasteiger partial charge in [0.2, 0.25) is 0 Å². The largest absolute Gasteiger partial charge is 0.440 e. The van der Waals surface area contributed by atoms with Crippen LogP contribution in [0.2, 0.25) is 5.02 Å². The third-order valence-corrected chi connectivity index (χ3v) is 5.20. The zero-order valence-corrected chi connectivity index (χ0v) is 15.9. The highest BCUT2D eigenvalue weighted by Gasteiger charge is 2.24. The summed E-state index contributed by atoms with van der Waals surface area (Å²) < 4.78 is 11.2. The third kappa shape index (κ3) is 3.99. The molecule has 0 spiro atoms. The number of piperidine rings is 1. The van der Waals surface area contributed by atoms with E-state index in [9.17, 15) is 4.79 Å². The molecule has 0 bridgehead atoms. The number of aromatic nitrogens is 1. The second-order valence-electron chi connectivity index (χ2n) is 6.84. The van der Waals surface area contributed by atoms with Crippen LogP contribution in [-0.2, 0) is 11.2 Å². The molecule has 0 N–H and O–H groups in total. The Kier molecular flexibility index (Phi) is 5.14. The molecule has 0 aliphatic carbocycles. The van der Waals surface area contributed by atoms with Crippen LogP contribution in [0.1, 0.15) is 34.7 Å². The number of ether oxygens (including phenoxy) is 1. The van der Waals surface area contributed by atoms with Gasteiger partial charge in [0.05, 0.1) is 6.10 Å². The van der Waals surface area contributed by atoms with Crippen molar-refractivity contribution in [3.8, 4) is 0 Å². The number of hydrogen-bond donors (Lipinski definition) is 0. The van der Waals surface area contributed by atoms with Gasteiger partial charge in [0.15, 0.2) is 11.5 Å². The van der Waals surface area contributed by atoms with E-state index in [1.807, 2.05) is 41.3 Å². The number of halogens is 1. The lowest BCUT2D eigenvalue weighted by molar-refractivity contribution is 0.0269. The highest BCUT2D eigenvalue weighted by Crippen LogP contribution is 2.22. The number of hydrogen-bond acceptors (Lipinski definition) is 4. The summed E-state index contributed by atoms with van der Waals surface area (Å²) in [6.07, 6.45) is 2.65. The van der Waals surface area contributed by atoms with Crippen LogP contribution in [0, 0.1) is 0 Å². The molecular weight excluding hydrogens is 364 g/mol. The van der Waals surface area contributed by atoms with Gasteiger partial charge in [-0.1, -0.05) is 23.7 Å². The molecule has 4 rings (SSSR count). The number of benzene rings is 2. The normalized spacial score (nSPS) is 17.4. The molecule has 1 atom stereocenters. The number of likely N-dealkylation sites (tertiary alicyclic amines) is 1. The molecule has 27 heavy (non-hydrogen) atoms. The molecule has 1 aliphatic rings. The van der Waals surface area contributed by atoms with Crippen molar-refractivity contribution >= 4 is 28.6 Å². The molecule has 3 aromatic rings.